The van der Waals surface area contributed by atoms with E-state index in [1.807, 2.05) is 0 Å². The van der Waals surface area contributed by atoms with Crippen molar-refractivity contribution >= 4 is 43.2 Å². The van der Waals surface area contributed by atoms with E-state index in [9.17, 15) is 0 Å². The van der Waals surface area contributed by atoms with Crippen LogP contribution in [0.25, 0.3) is 0 Å². The minimum atomic E-state index is 0.651. The van der Waals surface area contributed by atoms with Crippen molar-refractivity contribution in [3.63, 3.8) is 0 Å². The number of likely N-dealkylation sites (N-methyl/N-ethyl adjacent to an activating group) is 1. The van der Waals surface area contributed by atoms with E-state index >= 15 is 0 Å². The van der Waals surface area contributed by atoms with Gasteiger partial charge in [-0.1, -0.05) is 0 Å². The van der Waals surface area contributed by atoms with E-state index in [4.69, 9.17) is 0 Å². The van der Waals surface area contributed by atoms with Gasteiger partial charge in [-0.2, -0.15) is 0 Å². The first-order valence-electron chi connectivity index (χ1n) is 5.51. The molecule has 1 N–H and O–H groups in total. The lowest BCUT2D eigenvalue weighted by atomic mass is 10.1. The molecule has 0 bridgehead atoms. The highest BCUT2D eigenvalue weighted by Gasteiger charge is 2.16. The van der Waals surface area contributed by atoms with E-state index in [2.05, 4.69) is 55.2 Å². The smallest absolute Gasteiger partial charge is 0.0843 e. The van der Waals surface area contributed by atoms with Gasteiger partial charge in [0.2, 0.25) is 0 Å². The summed E-state index contributed by atoms with van der Waals surface area (Å²) in [5.41, 5.74) is 0. The minimum absolute atomic E-state index is 0.651. The number of nitrogens with zero attached hydrogens (tertiary/aromatic N) is 1. The number of piperidine rings is 1. The molecule has 1 aliphatic rings. The molecule has 1 fully saturated rings. The van der Waals surface area contributed by atoms with Crippen LogP contribution in [0.5, 0.6) is 0 Å². The van der Waals surface area contributed by atoms with E-state index in [0.29, 0.717) is 6.04 Å². The SMILES string of the molecule is CN1CCCC(NCc2cc(Br)c(Br)s2)C1. The van der Waals surface area contributed by atoms with Crippen molar-refractivity contribution in [1.82, 2.24) is 10.2 Å². The quantitative estimate of drug-likeness (QED) is 0.879. The Kier molecular flexibility index (Phi) is 4.85. The van der Waals surface area contributed by atoms with E-state index in [1.165, 1.54) is 34.6 Å². The van der Waals surface area contributed by atoms with Crippen molar-refractivity contribution in [1.29, 1.82) is 0 Å². The predicted molar refractivity (Wildman–Crippen MR) is 77.1 cm³/mol. The number of hydrogen-bond donors (Lipinski definition) is 1. The van der Waals surface area contributed by atoms with Gasteiger partial charge in [-0.15, -0.1) is 11.3 Å². The first kappa shape index (κ1) is 13.0. The van der Waals surface area contributed by atoms with Crippen LogP contribution in [0.3, 0.4) is 0 Å². The molecule has 90 valence electrons. The Hall–Kier alpha value is 0.580. The second-order valence-electron chi connectivity index (χ2n) is 4.32. The van der Waals surface area contributed by atoms with Gasteiger partial charge in [0, 0.05) is 28.5 Å². The zero-order valence-electron chi connectivity index (χ0n) is 9.30. The third-order valence-corrected chi connectivity index (χ3v) is 6.14. The van der Waals surface area contributed by atoms with Gasteiger partial charge in [0.15, 0.2) is 0 Å². The van der Waals surface area contributed by atoms with Crippen LogP contribution < -0.4 is 5.32 Å². The molecule has 2 nitrogen and oxygen atoms in total. The van der Waals surface area contributed by atoms with Crippen molar-refractivity contribution in [3.05, 3.63) is 19.2 Å². The molecule has 1 aliphatic heterocycles. The highest BCUT2D eigenvalue weighted by atomic mass is 79.9. The molecule has 16 heavy (non-hydrogen) atoms. The van der Waals surface area contributed by atoms with Gasteiger partial charge in [0.1, 0.15) is 0 Å². The molecule has 1 unspecified atom stereocenters. The molecule has 1 atom stereocenters. The lowest BCUT2D eigenvalue weighted by Gasteiger charge is -2.30. The average Bonchev–Trinajstić information content (AvgIpc) is 2.56. The molecule has 1 saturated heterocycles. The van der Waals surface area contributed by atoms with Crippen molar-refractivity contribution < 1.29 is 0 Å². The molecular weight excluding hydrogens is 352 g/mol. The van der Waals surface area contributed by atoms with Crippen molar-refractivity contribution in [2.75, 3.05) is 20.1 Å². The van der Waals surface area contributed by atoms with Crippen LogP contribution in [0, 0.1) is 0 Å². The zero-order chi connectivity index (χ0) is 11.5. The summed E-state index contributed by atoms with van der Waals surface area (Å²) in [6.45, 7) is 3.40. The van der Waals surface area contributed by atoms with Gasteiger partial charge in [0.05, 0.1) is 3.79 Å². The predicted octanol–water partition coefficient (Wildman–Crippen LogP) is 3.46. The molecule has 0 aliphatic carbocycles. The number of nitrogens with one attached hydrogen (secondary N) is 1. The maximum Gasteiger partial charge on any atom is 0.0843 e. The van der Waals surface area contributed by atoms with Crippen LogP contribution in [0.15, 0.2) is 14.3 Å². The fourth-order valence-corrected chi connectivity index (χ4v) is 4.18. The molecule has 0 saturated carbocycles. The van der Waals surface area contributed by atoms with E-state index in [-0.39, 0.29) is 0 Å². The first-order valence-corrected chi connectivity index (χ1v) is 7.91. The van der Waals surface area contributed by atoms with Crippen LogP contribution in [-0.2, 0) is 6.54 Å². The summed E-state index contributed by atoms with van der Waals surface area (Å²) in [5, 5.41) is 3.64. The van der Waals surface area contributed by atoms with E-state index < -0.39 is 0 Å². The summed E-state index contributed by atoms with van der Waals surface area (Å²) in [6.07, 6.45) is 2.62. The molecule has 0 amide bonds. The van der Waals surface area contributed by atoms with E-state index in [1.54, 1.807) is 11.3 Å². The van der Waals surface area contributed by atoms with Gasteiger partial charge >= 0.3 is 0 Å². The molecule has 1 aromatic heterocycles. The molecule has 0 spiro atoms. The Morgan fingerprint density at radius 1 is 1.56 bits per heavy atom. The van der Waals surface area contributed by atoms with Crippen LogP contribution >= 0.6 is 43.2 Å². The van der Waals surface area contributed by atoms with Gasteiger partial charge in [-0.25, -0.2) is 0 Å². The van der Waals surface area contributed by atoms with E-state index in [0.717, 1.165) is 11.0 Å². The van der Waals surface area contributed by atoms with Gasteiger partial charge in [-0.3, -0.25) is 0 Å². The fraction of sp³-hybridized carbons (Fsp3) is 0.636. The van der Waals surface area contributed by atoms with Crippen LogP contribution in [-0.4, -0.2) is 31.1 Å². The van der Waals surface area contributed by atoms with Gasteiger partial charge < -0.3 is 10.2 Å². The van der Waals surface area contributed by atoms with Crippen molar-refractivity contribution in [2.24, 2.45) is 0 Å². The first-order chi connectivity index (χ1) is 7.65. The molecular formula is C11H16Br2N2S. The third kappa shape index (κ3) is 3.53. The summed E-state index contributed by atoms with van der Waals surface area (Å²) in [5.74, 6) is 0. The fourth-order valence-electron chi connectivity index (χ4n) is 2.06. The van der Waals surface area contributed by atoms with Crippen LogP contribution in [0.4, 0.5) is 0 Å². The molecule has 0 radical (unpaired) electrons. The minimum Gasteiger partial charge on any atom is -0.308 e. The van der Waals surface area contributed by atoms with Crippen molar-refractivity contribution in [2.45, 2.75) is 25.4 Å². The molecule has 5 heteroatoms. The highest BCUT2D eigenvalue weighted by molar-refractivity contribution is 9.13. The Morgan fingerprint density at radius 2 is 2.38 bits per heavy atom. The number of thiophene rings is 1. The normalized spacial score (nSPS) is 22.6. The van der Waals surface area contributed by atoms with Crippen LogP contribution in [0.1, 0.15) is 17.7 Å². The Labute approximate surface area is 118 Å². The lowest BCUT2D eigenvalue weighted by Crippen LogP contribution is -2.43. The summed E-state index contributed by atoms with van der Waals surface area (Å²) >= 11 is 8.84. The Bertz CT molecular complexity index is 334. The standard InChI is InChI=1S/C11H16Br2N2S/c1-15-4-2-3-8(7-15)14-6-9-5-10(12)11(13)16-9/h5,8,14H,2-4,6-7H2,1H3. The monoisotopic (exact) mass is 366 g/mol. The van der Waals surface area contributed by atoms with Crippen LogP contribution in [0.2, 0.25) is 0 Å². The third-order valence-electron chi connectivity index (χ3n) is 2.89. The lowest BCUT2D eigenvalue weighted by molar-refractivity contribution is 0.227. The van der Waals surface area contributed by atoms with Gasteiger partial charge in [0.25, 0.3) is 0 Å². The Balaban J connectivity index is 1.82. The molecule has 2 rings (SSSR count). The maximum atomic E-state index is 3.64. The second-order valence-corrected chi connectivity index (χ2v) is 7.63. The maximum absolute atomic E-state index is 3.64. The summed E-state index contributed by atoms with van der Waals surface area (Å²) in [4.78, 5) is 3.79. The number of hydrogen-bond acceptors (Lipinski definition) is 3. The number of halogens is 2. The zero-order valence-corrected chi connectivity index (χ0v) is 13.3. The highest BCUT2D eigenvalue weighted by Crippen LogP contribution is 2.32. The summed E-state index contributed by atoms with van der Waals surface area (Å²) in [7, 11) is 2.20. The topological polar surface area (TPSA) is 15.3 Å². The average molecular weight is 368 g/mol. The number of likely N-dealkylation sites (tertiary alicyclic amines) is 1. The molecule has 2 heterocycles. The summed E-state index contributed by atoms with van der Waals surface area (Å²) < 4.78 is 2.35. The Morgan fingerprint density at radius 3 is 3.00 bits per heavy atom. The van der Waals surface area contributed by atoms with Gasteiger partial charge in [-0.05, 0) is 64.4 Å². The molecule has 1 aromatic rings. The number of rotatable bonds is 3. The molecule has 0 aromatic carbocycles. The largest absolute Gasteiger partial charge is 0.308 e. The van der Waals surface area contributed by atoms with Crippen molar-refractivity contribution in [3.8, 4) is 0 Å². The second kappa shape index (κ2) is 5.96. The summed E-state index contributed by atoms with van der Waals surface area (Å²) in [6, 6.07) is 2.84.